The second-order valence-electron chi connectivity index (χ2n) is 2.49. The van der Waals surface area contributed by atoms with Crippen molar-refractivity contribution < 1.29 is 9.18 Å². The van der Waals surface area contributed by atoms with Crippen LogP contribution in [0.5, 0.6) is 0 Å². The molecule has 0 saturated heterocycles. The molecule has 0 aliphatic carbocycles. The van der Waals surface area contributed by atoms with Crippen LogP contribution in [0.3, 0.4) is 0 Å². The number of primary amides is 1. The molecule has 2 nitrogen and oxygen atoms in total. The van der Waals surface area contributed by atoms with Crippen LogP contribution in [-0.4, -0.2) is 12.6 Å². The highest BCUT2D eigenvalue weighted by molar-refractivity contribution is 5.80. The van der Waals surface area contributed by atoms with Crippen molar-refractivity contribution in [3.8, 4) is 0 Å². The Morgan fingerprint density at radius 2 is 1.90 bits per heavy atom. The highest BCUT2D eigenvalue weighted by Gasteiger charge is 2.32. The molecule has 0 atom stereocenters. The van der Waals surface area contributed by atoms with Gasteiger partial charge in [-0.3, -0.25) is 4.79 Å². The number of carbonyl (C=O) groups excluding carboxylic acids is 1. The lowest BCUT2D eigenvalue weighted by Gasteiger charge is -2.23. The first-order valence-corrected chi connectivity index (χ1v) is 3.48. The molecule has 0 fully saturated rings. The summed E-state index contributed by atoms with van der Waals surface area (Å²) in [6.07, 6.45) is 0.963. The van der Waals surface area contributed by atoms with Crippen molar-refractivity contribution in [3.05, 3.63) is 0 Å². The summed E-state index contributed by atoms with van der Waals surface area (Å²) in [5, 5.41) is 0. The Kier molecular flexibility index (Phi) is 3.33. The molecule has 60 valence electrons. The molecule has 3 heteroatoms. The van der Waals surface area contributed by atoms with Crippen molar-refractivity contribution in [2.24, 2.45) is 11.1 Å². The van der Waals surface area contributed by atoms with Crippen LogP contribution in [0.2, 0.25) is 0 Å². The van der Waals surface area contributed by atoms with Crippen molar-refractivity contribution in [2.75, 3.05) is 6.67 Å². The second kappa shape index (κ2) is 3.54. The van der Waals surface area contributed by atoms with E-state index in [4.69, 9.17) is 5.73 Å². The SMILES string of the molecule is CCC(CC)(CF)C(N)=O. The van der Waals surface area contributed by atoms with Crippen molar-refractivity contribution in [1.29, 1.82) is 0 Å². The van der Waals surface area contributed by atoms with Gasteiger partial charge in [-0.05, 0) is 12.8 Å². The molecule has 0 heterocycles. The van der Waals surface area contributed by atoms with Gasteiger partial charge in [0, 0.05) is 0 Å². The van der Waals surface area contributed by atoms with Gasteiger partial charge in [-0.2, -0.15) is 0 Å². The van der Waals surface area contributed by atoms with Gasteiger partial charge in [0.15, 0.2) is 0 Å². The molecule has 0 aliphatic rings. The zero-order chi connectivity index (χ0) is 8.20. The molecule has 0 bridgehead atoms. The first-order valence-electron chi connectivity index (χ1n) is 3.48. The fourth-order valence-electron chi connectivity index (χ4n) is 0.853. The van der Waals surface area contributed by atoms with Crippen LogP contribution in [0.15, 0.2) is 0 Å². The molecule has 0 radical (unpaired) electrons. The van der Waals surface area contributed by atoms with E-state index in [1.54, 1.807) is 13.8 Å². The summed E-state index contributed by atoms with van der Waals surface area (Å²) < 4.78 is 12.3. The zero-order valence-corrected chi connectivity index (χ0v) is 6.48. The number of amides is 1. The van der Waals surface area contributed by atoms with E-state index < -0.39 is 18.0 Å². The van der Waals surface area contributed by atoms with Crippen molar-refractivity contribution in [3.63, 3.8) is 0 Å². The molecule has 0 aromatic carbocycles. The molecular formula is C7H14FNO. The highest BCUT2D eigenvalue weighted by atomic mass is 19.1. The maximum atomic E-state index is 12.3. The molecule has 2 N–H and O–H groups in total. The first kappa shape index (κ1) is 9.40. The Balaban J connectivity index is 4.31. The maximum absolute atomic E-state index is 12.3. The molecule has 0 aromatic heterocycles. The van der Waals surface area contributed by atoms with Crippen LogP contribution in [0.1, 0.15) is 26.7 Å². The third-order valence-electron chi connectivity index (χ3n) is 2.13. The van der Waals surface area contributed by atoms with Gasteiger partial charge in [0.25, 0.3) is 0 Å². The van der Waals surface area contributed by atoms with Crippen molar-refractivity contribution in [1.82, 2.24) is 0 Å². The molecule has 0 aliphatic heterocycles. The van der Waals surface area contributed by atoms with E-state index in [9.17, 15) is 9.18 Å². The van der Waals surface area contributed by atoms with Crippen molar-refractivity contribution in [2.45, 2.75) is 26.7 Å². The van der Waals surface area contributed by atoms with Gasteiger partial charge in [0.1, 0.15) is 6.67 Å². The summed E-state index contributed by atoms with van der Waals surface area (Å²) in [7, 11) is 0. The third-order valence-corrected chi connectivity index (χ3v) is 2.13. The second-order valence-corrected chi connectivity index (χ2v) is 2.49. The van der Waals surface area contributed by atoms with Crippen LogP contribution in [0.25, 0.3) is 0 Å². The summed E-state index contributed by atoms with van der Waals surface area (Å²) in [5.74, 6) is -0.528. The minimum absolute atomic E-state index is 0.481. The van der Waals surface area contributed by atoms with Gasteiger partial charge < -0.3 is 5.73 Å². The largest absolute Gasteiger partial charge is 0.369 e. The number of halogens is 1. The Morgan fingerprint density at radius 3 is 1.90 bits per heavy atom. The van der Waals surface area contributed by atoms with Crippen LogP contribution >= 0.6 is 0 Å². The smallest absolute Gasteiger partial charge is 0.226 e. The van der Waals surface area contributed by atoms with Gasteiger partial charge in [0.2, 0.25) is 5.91 Å². The summed E-state index contributed by atoms with van der Waals surface area (Å²) >= 11 is 0. The summed E-state index contributed by atoms with van der Waals surface area (Å²) in [4.78, 5) is 10.7. The average Bonchev–Trinajstić information content (AvgIpc) is 1.92. The van der Waals surface area contributed by atoms with Gasteiger partial charge >= 0.3 is 0 Å². The zero-order valence-electron chi connectivity index (χ0n) is 6.48. The fourth-order valence-corrected chi connectivity index (χ4v) is 0.853. The van der Waals surface area contributed by atoms with Crippen LogP contribution in [-0.2, 0) is 4.79 Å². The van der Waals surface area contributed by atoms with Gasteiger partial charge in [-0.1, -0.05) is 13.8 Å². The number of alkyl halides is 1. The normalized spacial score (nSPS) is 11.5. The molecule has 0 spiro atoms. The predicted molar refractivity (Wildman–Crippen MR) is 38.2 cm³/mol. The lowest BCUT2D eigenvalue weighted by atomic mass is 9.83. The standard InChI is InChI=1S/C7H14FNO/c1-3-7(4-2,5-8)6(9)10/h3-5H2,1-2H3,(H2,9,10). The molecular weight excluding hydrogens is 133 g/mol. The molecule has 0 aromatic rings. The maximum Gasteiger partial charge on any atom is 0.226 e. The van der Waals surface area contributed by atoms with E-state index in [1.807, 2.05) is 0 Å². The summed E-state index contributed by atoms with van der Waals surface area (Å²) in [6, 6.07) is 0. The van der Waals surface area contributed by atoms with E-state index in [2.05, 4.69) is 0 Å². The molecule has 1 amide bonds. The molecule has 0 rings (SSSR count). The minimum atomic E-state index is -0.903. The van der Waals surface area contributed by atoms with E-state index in [-0.39, 0.29) is 0 Å². The summed E-state index contributed by atoms with van der Waals surface area (Å²) in [6.45, 7) is 2.90. The number of hydrogen-bond acceptors (Lipinski definition) is 1. The number of rotatable bonds is 4. The van der Waals surface area contributed by atoms with E-state index >= 15 is 0 Å². The van der Waals surface area contributed by atoms with E-state index in [0.29, 0.717) is 12.8 Å². The summed E-state index contributed by atoms with van der Waals surface area (Å²) in [5.41, 5.74) is 4.12. The lowest BCUT2D eigenvalue weighted by molar-refractivity contribution is -0.129. The minimum Gasteiger partial charge on any atom is -0.369 e. The van der Waals surface area contributed by atoms with Crippen molar-refractivity contribution >= 4 is 5.91 Å². The Hall–Kier alpha value is -0.600. The van der Waals surface area contributed by atoms with Gasteiger partial charge in [-0.15, -0.1) is 0 Å². The predicted octanol–water partition coefficient (Wildman–Crippen LogP) is 1.25. The van der Waals surface area contributed by atoms with Crippen LogP contribution in [0.4, 0.5) is 4.39 Å². The third kappa shape index (κ3) is 1.46. The topological polar surface area (TPSA) is 43.1 Å². The number of nitrogens with two attached hydrogens (primary N) is 1. The number of carbonyl (C=O) groups is 1. The van der Waals surface area contributed by atoms with E-state index in [1.165, 1.54) is 0 Å². The Labute approximate surface area is 60.6 Å². The van der Waals surface area contributed by atoms with E-state index in [0.717, 1.165) is 0 Å². The lowest BCUT2D eigenvalue weighted by Crippen LogP contribution is -2.37. The molecule has 10 heavy (non-hydrogen) atoms. The molecule has 0 unspecified atom stereocenters. The monoisotopic (exact) mass is 147 g/mol. The highest BCUT2D eigenvalue weighted by Crippen LogP contribution is 2.25. The Morgan fingerprint density at radius 1 is 1.50 bits per heavy atom. The number of hydrogen-bond donors (Lipinski definition) is 1. The van der Waals surface area contributed by atoms with Crippen LogP contribution < -0.4 is 5.73 Å². The fraction of sp³-hybridized carbons (Fsp3) is 0.857. The quantitative estimate of drug-likeness (QED) is 0.638. The van der Waals surface area contributed by atoms with Gasteiger partial charge in [-0.25, -0.2) is 4.39 Å². The van der Waals surface area contributed by atoms with Crippen LogP contribution in [0, 0.1) is 5.41 Å². The Bertz CT molecular complexity index is 113. The average molecular weight is 147 g/mol. The molecule has 0 saturated carbocycles. The van der Waals surface area contributed by atoms with Gasteiger partial charge in [0.05, 0.1) is 5.41 Å². The first-order chi connectivity index (χ1) is 4.63.